The van der Waals surface area contributed by atoms with E-state index in [0.29, 0.717) is 100 Å². The van der Waals surface area contributed by atoms with Gasteiger partial charge in [0.1, 0.15) is 11.2 Å². The Bertz CT molecular complexity index is 1580. The maximum absolute atomic E-state index is 13.7. The summed E-state index contributed by atoms with van der Waals surface area (Å²) in [5.74, 6) is 2.41. The van der Waals surface area contributed by atoms with Crippen molar-refractivity contribution >= 4 is 33.8 Å². The van der Waals surface area contributed by atoms with Gasteiger partial charge in [-0.15, -0.1) is 0 Å². The molecule has 4 aromatic rings. The lowest BCUT2D eigenvalue weighted by molar-refractivity contribution is 0.0688. The molecule has 2 amide bonds. The Morgan fingerprint density at radius 3 is 1.28 bits per heavy atom. The van der Waals surface area contributed by atoms with Crippen LogP contribution in [-0.4, -0.2) is 90.5 Å². The number of nitrogens with zero attached hydrogens (tertiary/aromatic N) is 2. The Kier molecular flexibility index (Phi) is 8.21. The SMILES string of the molecule is COc1cc2oc(C(=O)N3CCCN(C(=O)c4oc5cc(OC)c(OC)c(OC)c5c4C)CC3)c(C)c2c(OC)c1OC. The molecule has 0 spiro atoms. The predicted octanol–water partition coefficient (Wildman–Crippen LogP) is 4.84. The van der Waals surface area contributed by atoms with Crippen LogP contribution in [0.5, 0.6) is 34.5 Å². The summed E-state index contributed by atoms with van der Waals surface area (Å²) < 4.78 is 45.2. The van der Waals surface area contributed by atoms with Gasteiger partial charge in [0, 0.05) is 49.4 Å². The quantitative estimate of drug-likeness (QED) is 0.279. The van der Waals surface area contributed by atoms with Gasteiger partial charge in [0.2, 0.25) is 11.5 Å². The van der Waals surface area contributed by atoms with Gasteiger partial charge in [-0.1, -0.05) is 0 Å². The van der Waals surface area contributed by atoms with Crippen molar-refractivity contribution in [2.75, 3.05) is 68.8 Å². The van der Waals surface area contributed by atoms with Crippen LogP contribution in [-0.2, 0) is 0 Å². The molecule has 43 heavy (non-hydrogen) atoms. The molecule has 0 unspecified atom stereocenters. The third-order valence-corrected chi connectivity index (χ3v) is 7.90. The fourth-order valence-corrected chi connectivity index (χ4v) is 5.76. The van der Waals surface area contributed by atoms with Crippen molar-refractivity contribution in [1.82, 2.24) is 9.80 Å². The first kappa shape index (κ1) is 29.7. The molecule has 230 valence electrons. The van der Waals surface area contributed by atoms with Crippen molar-refractivity contribution < 1.29 is 46.8 Å². The van der Waals surface area contributed by atoms with Crippen LogP contribution in [0.3, 0.4) is 0 Å². The molecule has 12 nitrogen and oxygen atoms in total. The number of amides is 2. The number of hydrogen-bond donors (Lipinski definition) is 0. The first-order valence-electron chi connectivity index (χ1n) is 13.8. The van der Waals surface area contributed by atoms with Crippen LogP contribution in [0.25, 0.3) is 21.9 Å². The van der Waals surface area contributed by atoms with Gasteiger partial charge in [-0.2, -0.15) is 0 Å². The van der Waals surface area contributed by atoms with E-state index in [1.54, 1.807) is 21.9 Å². The van der Waals surface area contributed by atoms with E-state index in [-0.39, 0.29) is 23.3 Å². The summed E-state index contributed by atoms with van der Waals surface area (Å²) in [7, 11) is 9.14. The summed E-state index contributed by atoms with van der Waals surface area (Å²) in [5, 5.41) is 1.28. The van der Waals surface area contributed by atoms with Gasteiger partial charge in [0.25, 0.3) is 11.8 Å². The molecule has 0 saturated carbocycles. The van der Waals surface area contributed by atoms with Gasteiger partial charge in [0.15, 0.2) is 34.5 Å². The summed E-state index contributed by atoms with van der Waals surface area (Å²) in [6, 6.07) is 3.36. The highest BCUT2D eigenvalue weighted by Gasteiger charge is 2.32. The van der Waals surface area contributed by atoms with Crippen LogP contribution < -0.4 is 28.4 Å². The average molecular weight is 597 g/mol. The summed E-state index contributed by atoms with van der Waals surface area (Å²) in [6.45, 7) is 5.14. The number of carbonyl (C=O) groups is 2. The molecule has 0 radical (unpaired) electrons. The zero-order valence-electron chi connectivity index (χ0n) is 25.7. The summed E-state index contributed by atoms with van der Waals surface area (Å²) in [6.07, 6.45) is 0.575. The number of methoxy groups -OCH3 is 6. The first-order valence-corrected chi connectivity index (χ1v) is 13.8. The molecule has 12 heteroatoms. The minimum Gasteiger partial charge on any atom is -0.493 e. The molecule has 0 aliphatic carbocycles. The number of ether oxygens (including phenoxy) is 6. The molecular weight excluding hydrogens is 560 g/mol. The standard InChI is InChI=1S/C31H36N2O10/c1-16-22-18(14-20(36-3)26(38-5)28(22)40-7)42-24(16)30(34)32-10-9-11-33(13-12-32)31(35)25-17(2)23-19(43-25)15-21(37-4)27(39-6)29(23)41-8/h14-15H,9-13H2,1-8H3. The fourth-order valence-electron chi connectivity index (χ4n) is 5.76. The lowest BCUT2D eigenvalue weighted by Gasteiger charge is -2.21. The van der Waals surface area contributed by atoms with Crippen LogP contribution in [0.15, 0.2) is 21.0 Å². The lowest BCUT2D eigenvalue weighted by atomic mass is 10.1. The summed E-state index contributed by atoms with van der Waals surface area (Å²) in [4.78, 5) is 30.9. The van der Waals surface area contributed by atoms with Gasteiger partial charge >= 0.3 is 0 Å². The second-order valence-electron chi connectivity index (χ2n) is 10.1. The molecule has 2 aromatic carbocycles. The van der Waals surface area contributed by atoms with E-state index in [9.17, 15) is 9.59 Å². The van der Waals surface area contributed by atoms with E-state index < -0.39 is 0 Å². The number of carbonyl (C=O) groups excluding carboxylic acids is 2. The third-order valence-electron chi connectivity index (χ3n) is 7.90. The van der Waals surface area contributed by atoms with E-state index in [2.05, 4.69) is 0 Å². The summed E-state index contributed by atoms with van der Waals surface area (Å²) >= 11 is 0. The topological polar surface area (TPSA) is 122 Å². The largest absolute Gasteiger partial charge is 0.493 e. The Labute approximate surface area is 248 Å². The average Bonchev–Trinajstić information content (AvgIpc) is 3.40. The second kappa shape index (κ2) is 11.9. The normalized spacial score (nSPS) is 13.7. The molecule has 0 atom stereocenters. The Morgan fingerprint density at radius 1 is 0.581 bits per heavy atom. The van der Waals surface area contributed by atoms with Crippen molar-refractivity contribution in [2.24, 2.45) is 0 Å². The number of furan rings is 2. The molecule has 5 rings (SSSR count). The van der Waals surface area contributed by atoms with Crippen molar-refractivity contribution in [2.45, 2.75) is 20.3 Å². The van der Waals surface area contributed by atoms with Crippen molar-refractivity contribution in [3.63, 3.8) is 0 Å². The Balaban J connectivity index is 1.41. The molecular formula is C31H36N2O10. The van der Waals surface area contributed by atoms with Crippen molar-refractivity contribution in [1.29, 1.82) is 0 Å². The minimum absolute atomic E-state index is 0.200. The smallest absolute Gasteiger partial charge is 0.289 e. The van der Waals surface area contributed by atoms with E-state index in [1.165, 1.54) is 42.7 Å². The van der Waals surface area contributed by atoms with Crippen LogP contribution in [0.2, 0.25) is 0 Å². The van der Waals surface area contributed by atoms with E-state index >= 15 is 0 Å². The zero-order chi connectivity index (χ0) is 31.0. The van der Waals surface area contributed by atoms with Gasteiger partial charge in [-0.3, -0.25) is 9.59 Å². The number of aryl methyl sites for hydroxylation is 2. The maximum Gasteiger partial charge on any atom is 0.289 e. The molecule has 0 N–H and O–H groups in total. The van der Waals surface area contributed by atoms with E-state index in [0.717, 1.165) is 0 Å². The molecule has 1 saturated heterocycles. The Morgan fingerprint density at radius 2 is 0.953 bits per heavy atom. The molecule has 1 aliphatic heterocycles. The number of rotatable bonds is 8. The fraction of sp³-hybridized carbons (Fsp3) is 0.419. The molecule has 1 aliphatic rings. The number of fused-ring (bicyclic) bond motifs is 2. The number of hydrogen-bond acceptors (Lipinski definition) is 10. The highest BCUT2D eigenvalue weighted by atomic mass is 16.5. The molecule has 0 bridgehead atoms. The zero-order valence-corrected chi connectivity index (χ0v) is 25.7. The van der Waals surface area contributed by atoms with Crippen LogP contribution in [0.4, 0.5) is 0 Å². The maximum atomic E-state index is 13.7. The monoisotopic (exact) mass is 596 g/mol. The first-order chi connectivity index (χ1) is 20.7. The minimum atomic E-state index is -0.271. The Hall–Kier alpha value is -4.74. The number of benzene rings is 2. The molecule has 1 fully saturated rings. The van der Waals surface area contributed by atoms with E-state index in [4.69, 9.17) is 37.3 Å². The second-order valence-corrected chi connectivity index (χ2v) is 10.1. The van der Waals surface area contributed by atoms with Gasteiger partial charge in [0.05, 0.1) is 53.4 Å². The highest BCUT2D eigenvalue weighted by molar-refractivity contribution is 6.03. The van der Waals surface area contributed by atoms with Gasteiger partial charge in [-0.25, -0.2) is 0 Å². The molecule has 3 heterocycles. The third kappa shape index (κ3) is 4.80. The van der Waals surface area contributed by atoms with Crippen LogP contribution in [0.1, 0.15) is 38.7 Å². The van der Waals surface area contributed by atoms with Crippen LogP contribution in [0, 0.1) is 13.8 Å². The highest BCUT2D eigenvalue weighted by Crippen LogP contribution is 2.47. The predicted molar refractivity (Wildman–Crippen MR) is 158 cm³/mol. The molecule has 2 aromatic heterocycles. The van der Waals surface area contributed by atoms with Gasteiger partial charge < -0.3 is 47.1 Å². The lowest BCUT2D eigenvalue weighted by Crippen LogP contribution is -2.37. The van der Waals surface area contributed by atoms with E-state index in [1.807, 2.05) is 13.8 Å². The van der Waals surface area contributed by atoms with Gasteiger partial charge in [-0.05, 0) is 20.3 Å². The van der Waals surface area contributed by atoms with Crippen molar-refractivity contribution in [3.05, 3.63) is 34.8 Å². The van der Waals surface area contributed by atoms with Crippen molar-refractivity contribution in [3.8, 4) is 34.5 Å². The van der Waals surface area contributed by atoms with Crippen LogP contribution >= 0.6 is 0 Å². The summed E-state index contributed by atoms with van der Waals surface area (Å²) in [5.41, 5.74) is 2.16.